The second-order valence-electron chi connectivity index (χ2n) is 10.6. The lowest BCUT2D eigenvalue weighted by Gasteiger charge is -2.33. The summed E-state index contributed by atoms with van der Waals surface area (Å²) in [6.45, 7) is 6.10. The van der Waals surface area contributed by atoms with Gasteiger partial charge in [0.05, 0.1) is 5.69 Å². The fourth-order valence-electron chi connectivity index (χ4n) is 5.25. The summed E-state index contributed by atoms with van der Waals surface area (Å²) in [5, 5.41) is 4.93. The average molecular weight is 534 g/mol. The quantitative estimate of drug-likeness (QED) is 0.286. The summed E-state index contributed by atoms with van der Waals surface area (Å²) in [7, 11) is 0. The van der Waals surface area contributed by atoms with E-state index in [2.05, 4.69) is 5.32 Å². The van der Waals surface area contributed by atoms with Crippen LogP contribution in [-0.2, 0) is 22.6 Å². The van der Waals surface area contributed by atoms with Crippen LogP contribution in [0.1, 0.15) is 47.3 Å². The predicted molar refractivity (Wildman–Crippen MR) is 159 cm³/mol. The van der Waals surface area contributed by atoms with Crippen LogP contribution < -0.4 is 10.2 Å². The molecular weight excluding hydrogens is 498 g/mol. The maximum Gasteiger partial charge on any atom is 0.259 e. The van der Waals surface area contributed by atoms with Gasteiger partial charge in [0.2, 0.25) is 11.8 Å². The minimum Gasteiger partial charge on any atom is -0.352 e. The van der Waals surface area contributed by atoms with E-state index in [0.29, 0.717) is 12.0 Å². The summed E-state index contributed by atoms with van der Waals surface area (Å²) in [6.07, 6.45) is 1.14. The maximum atomic E-state index is 14.2. The van der Waals surface area contributed by atoms with Crippen LogP contribution in [0.5, 0.6) is 0 Å². The van der Waals surface area contributed by atoms with Crippen LogP contribution in [-0.4, -0.2) is 41.2 Å². The minimum absolute atomic E-state index is 0.0330. The number of amides is 3. The zero-order valence-corrected chi connectivity index (χ0v) is 23.3. The lowest BCUT2D eigenvalue weighted by Crippen LogP contribution is -2.54. The highest BCUT2D eigenvalue weighted by Crippen LogP contribution is 2.37. The number of rotatable bonds is 10. The van der Waals surface area contributed by atoms with Crippen molar-refractivity contribution in [2.24, 2.45) is 0 Å². The molecule has 0 fully saturated rings. The zero-order chi connectivity index (χ0) is 28.2. The fraction of sp³-hybridized carbons (Fsp3) is 0.265. The minimum atomic E-state index is -0.749. The second kappa shape index (κ2) is 11.7. The van der Waals surface area contributed by atoms with Crippen molar-refractivity contribution in [1.82, 2.24) is 10.2 Å². The second-order valence-corrected chi connectivity index (χ2v) is 10.6. The number of carbonyl (C=O) groups is 3. The van der Waals surface area contributed by atoms with E-state index in [1.165, 1.54) is 0 Å². The van der Waals surface area contributed by atoms with Gasteiger partial charge in [-0.2, -0.15) is 0 Å². The molecule has 1 aliphatic heterocycles. The molecule has 2 unspecified atom stereocenters. The van der Waals surface area contributed by atoms with Crippen molar-refractivity contribution >= 4 is 34.2 Å². The van der Waals surface area contributed by atoms with Gasteiger partial charge in [0.1, 0.15) is 12.6 Å². The van der Waals surface area contributed by atoms with E-state index < -0.39 is 6.04 Å². The van der Waals surface area contributed by atoms with E-state index in [-0.39, 0.29) is 36.9 Å². The Balaban J connectivity index is 1.51. The van der Waals surface area contributed by atoms with Crippen LogP contribution >= 0.6 is 0 Å². The molecule has 1 N–H and O–H groups in total. The summed E-state index contributed by atoms with van der Waals surface area (Å²) in [6, 6.07) is 28.3. The average Bonchev–Trinajstić information content (AvgIpc) is 3.24. The summed E-state index contributed by atoms with van der Waals surface area (Å²) in [5.41, 5.74) is 4.33. The Morgan fingerprint density at radius 2 is 1.57 bits per heavy atom. The van der Waals surface area contributed by atoms with Crippen LogP contribution in [0.3, 0.4) is 0 Å². The molecule has 204 valence electrons. The molecule has 0 saturated heterocycles. The first-order valence-corrected chi connectivity index (χ1v) is 13.9. The van der Waals surface area contributed by atoms with Crippen molar-refractivity contribution in [3.63, 3.8) is 0 Å². The molecule has 0 aromatic heterocycles. The fourth-order valence-corrected chi connectivity index (χ4v) is 5.25. The molecule has 6 heteroatoms. The van der Waals surface area contributed by atoms with Gasteiger partial charge in [-0.1, -0.05) is 91.3 Å². The van der Waals surface area contributed by atoms with Crippen molar-refractivity contribution < 1.29 is 14.4 Å². The van der Waals surface area contributed by atoms with Crippen molar-refractivity contribution in [1.29, 1.82) is 0 Å². The van der Waals surface area contributed by atoms with Gasteiger partial charge in [-0.3, -0.25) is 19.3 Å². The van der Waals surface area contributed by atoms with E-state index in [4.69, 9.17) is 0 Å². The topological polar surface area (TPSA) is 69.7 Å². The SMILES string of the molecule is CCC(C)NC(=O)C(Cc1ccccc1)N(Cc1ccc(C)cc1)C(=O)CN1C(=O)c2cccc3cccc1c23. The Labute approximate surface area is 235 Å². The standard InChI is InChI=1S/C34H35N3O3/c1-4-24(3)35-33(39)30(20-25-10-6-5-7-11-25)36(21-26-18-16-23(2)17-19-26)31(38)22-37-29-15-9-13-27-12-8-14-28(32(27)29)34(37)40/h5-19,24,30H,4,20-22H2,1-3H3,(H,35,39). The first-order chi connectivity index (χ1) is 19.4. The number of hydrogen-bond donors (Lipinski definition) is 1. The zero-order valence-electron chi connectivity index (χ0n) is 23.3. The number of nitrogens with one attached hydrogen (secondary N) is 1. The van der Waals surface area contributed by atoms with Crippen LogP contribution in [0.2, 0.25) is 0 Å². The third kappa shape index (κ3) is 5.62. The van der Waals surface area contributed by atoms with Crippen molar-refractivity contribution in [3.05, 3.63) is 113 Å². The van der Waals surface area contributed by atoms with Gasteiger partial charge in [-0.15, -0.1) is 0 Å². The first-order valence-electron chi connectivity index (χ1n) is 13.9. The molecule has 4 aromatic carbocycles. The first kappa shape index (κ1) is 27.1. The number of aryl methyl sites for hydroxylation is 1. The molecule has 5 rings (SSSR count). The third-order valence-corrected chi connectivity index (χ3v) is 7.69. The van der Waals surface area contributed by atoms with Gasteiger partial charge in [-0.25, -0.2) is 0 Å². The molecule has 0 aliphatic carbocycles. The van der Waals surface area contributed by atoms with E-state index in [0.717, 1.165) is 39.6 Å². The summed E-state index contributed by atoms with van der Waals surface area (Å²) >= 11 is 0. The molecule has 0 spiro atoms. The largest absolute Gasteiger partial charge is 0.352 e. The molecule has 0 radical (unpaired) electrons. The van der Waals surface area contributed by atoms with E-state index in [1.54, 1.807) is 15.9 Å². The van der Waals surface area contributed by atoms with Gasteiger partial charge < -0.3 is 10.2 Å². The molecule has 0 bridgehead atoms. The molecule has 4 aromatic rings. The smallest absolute Gasteiger partial charge is 0.259 e. The van der Waals surface area contributed by atoms with Crippen LogP contribution in [0, 0.1) is 6.92 Å². The monoisotopic (exact) mass is 533 g/mol. The molecule has 40 heavy (non-hydrogen) atoms. The highest BCUT2D eigenvalue weighted by atomic mass is 16.2. The van der Waals surface area contributed by atoms with Gasteiger partial charge in [-0.05, 0) is 48.9 Å². The highest BCUT2D eigenvalue weighted by Gasteiger charge is 2.36. The summed E-state index contributed by atoms with van der Waals surface area (Å²) in [5.74, 6) is -0.671. The van der Waals surface area contributed by atoms with E-state index >= 15 is 0 Å². The molecule has 0 saturated carbocycles. The third-order valence-electron chi connectivity index (χ3n) is 7.69. The Morgan fingerprint density at radius 1 is 0.875 bits per heavy atom. The van der Waals surface area contributed by atoms with Crippen molar-refractivity contribution in [2.75, 3.05) is 11.4 Å². The molecule has 3 amide bonds. The maximum absolute atomic E-state index is 14.2. The van der Waals surface area contributed by atoms with Crippen molar-refractivity contribution in [2.45, 2.75) is 52.2 Å². The van der Waals surface area contributed by atoms with Gasteiger partial charge in [0.25, 0.3) is 5.91 Å². The van der Waals surface area contributed by atoms with Gasteiger partial charge in [0, 0.05) is 30.0 Å². The number of nitrogens with zero attached hydrogens (tertiary/aromatic N) is 2. The van der Waals surface area contributed by atoms with Crippen LogP contribution in [0.4, 0.5) is 5.69 Å². The summed E-state index contributed by atoms with van der Waals surface area (Å²) in [4.78, 5) is 44.7. The lowest BCUT2D eigenvalue weighted by atomic mass is 10.0. The Hall–Kier alpha value is -4.45. The highest BCUT2D eigenvalue weighted by molar-refractivity contribution is 6.26. The number of benzene rings is 4. The Bertz CT molecular complexity index is 1530. The normalized spacial score (nSPS) is 13.8. The number of hydrogen-bond acceptors (Lipinski definition) is 3. The molecule has 2 atom stereocenters. The predicted octanol–water partition coefficient (Wildman–Crippen LogP) is 5.66. The Kier molecular flexibility index (Phi) is 7.96. The Morgan fingerprint density at radius 3 is 2.27 bits per heavy atom. The van der Waals surface area contributed by atoms with E-state index in [9.17, 15) is 14.4 Å². The molecule has 1 heterocycles. The molecule has 6 nitrogen and oxygen atoms in total. The van der Waals surface area contributed by atoms with Gasteiger partial charge in [0.15, 0.2) is 0 Å². The van der Waals surface area contributed by atoms with E-state index in [1.807, 2.05) is 106 Å². The molecule has 1 aliphatic rings. The lowest BCUT2D eigenvalue weighted by molar-refractivity contribution is -0.140. The summed E-state index contributed by atoms with van der Waals surface area (Å²) < 4.78 is 0. The van der Waals surface area contributed by atoms with Crippen LogP contribution in [0.25, 0.3) is 10.8 Å². The molecular formula is C34H35N3O3. The van der Waals surface area contributed by atoms with Gasteiger partial charge >= 0.3 is 0 Å². The van der Waals surface area contributed by atoms with Crippen LogP contribution in [0.15, 0.2) is 91.0 Å². The number of anilines is 1. The van der Waals surface area contributed by atoms with Crippen molar-refractivity contribution in [3.8, 4) is 0 Å². The number of carbonyl (C=O) groups excluding carboxylic acids is 3.